The van der Waals surface area contributed by atoms with Crippen LogP contribution < -0.4 is 5.32 Å². The van der Waals surface area contributed by atoms with Crippen molar-refractivity contribution >= 4 is 17.2 Å². The second-order valence-electron chi connectivity index (χ2n) is 5.12. The van der Waals surface area contributed by atoms with Crippen LogP contribution in [0.2, 0.25) is 0 Å². The molecule has 0 saturated carbocycles. The van der Waals surface area contributed by atoms with Gasteiger partial charge in [0.1, 0.15) is 0 Å². The number of aryl methyl sites for hydroxylation is 1. The molecular weight excluding hydrogens is 308 g/mol. The van der Waals surface area contributed by atoms with Crippen LogP contribution in [0.25, 0.3) is 11.3 Å². The lowest BCUT2D eigenvalue weighted by atomic mass is 10.1. The van der Waals surface area contributed by atoms with E-state index in [1.165, 1.54) is 0 Å². The first-order valence-corrected chi connectivity index (χ1v) is 8.46. The van der Waals surface area contributed by atoms with Gasteiger partial charge in [-0.25, -0.2) is 4.98 Å². The van der Waals surface area contributed by atoms with Crippen molar-refractivity contribution in [1.82, 2.24) is 20.5 Å². The molecule has 0 aliphatic rings. The third-order valence-electron chi connectivity index (χ3n) is 3.53. The highest BCUT2D eigenvalue weighted by Crippen LogP contribution is 2.20. The maximum atomic E-state index is 12.4. The summed E-state index contributed by atoms with van der Waals surface area (Å²) in [4.78, 5) is 16.9. The van der Waals surface area contributed by atoms with E-state index >= 15 is 0 Å². The van der Waals surface area contributed by atoms with E-state index in [1.807, 2.05) is 30.3 Å². The van der Waals surface area contributed by atoms with Gasteiger partial charge in [0.25, 0.3) is 5.91 Å². The monoisotopic (exact) mass is 326 g/mol. The lowest BCUT2D eigenvalue weighted by Gasteiger charge is -2.05. The largest absolute Gasteiger partial charge is 0.351 e. The van der Waals surface area contributed by atoms with Crippen molar-refractivity contribution in [1.29, 1.82) is 0 Å². The molecule has 1 aromatic carbocycles. The Morgan fingerprint density at radius 1 is 1.30 bits per heavy atom. The van der Waals surface area contributed by atoms with E-state index in [-0.39, 0.29) is 5.91 Å². The highest BCUT2D eigenvalue weighted by Gasteiger charge is 2.14. The zero-order valence-corrected chi connectivity index (χ0v) is 13.7. The number of thiazole rings is 1. The maximum Gasteiger partial charge on any atom is 0.255 e. The molecule has 0 unspecified atom stereocenters. The van der Waals surface area contributed by atoms with Gasteiger partial charge in [-0.1, -0.05) is 37.3 Å². The number of amides is 1. The molecule has 2 N–H and O–H groups in total. The minimum absolute atomic E-state index is 0.120. The second kappa shape index (κ2) is 7.19. The van der Waals surface area contributed by atoms with Gasteiger partial charge in [-0.2, -0.15) is 5.10 Å². The van der Waals surface area contributed by atoms with Crippen molar-refractivity contribution in [2.75, 3.05) is 6.54 Å². The summed E-state index contributed by atoms with van der Waals surface area (Å²) in [6, 6.07) is 9.72. The number of H-pyrrole nitrogens is 1. The fraction of sp³-hybridized carbons (Fsp3) is 0.235. The van der Waals surface area contributed by atoms with Crippen LogP contribution in [0.5, 0.6) is 0 Å². The molecule has 1 amide bonds. The topological polar surface area (TPSA) is 70.7 Å². The van der Waals surface area contributed by atoms with Crippen LogP contribution in [0, 0.1) is 0 Å². The van der Waals surface area contributed by atoms with Gasteiger partial charge >= 0.3 is 0 Å². The van der Waals surface area contributed by atoms with E-state index in [2.05, 4.69) is 32.8 Å². The molecule has 23 heavy (non-hydrogen) atoms. The number of nitrogens with zero attached hydrogens (tertiary/aromatic N) is 2. The number of hydrogen-bond donors (Lipinski definition) is 2. The van der Waals surface area contributed by atoms with Gasteiger partial charge in [-0.15, -0.1) is 11.3 Å². The first-order chi connectivity index (χ1) is 11.3. The van der Waals surface area contributed by atoms with Crippen molar-refractivity contribution in [3.8, 4) is 11.3 Å². The van der Waals surface area contributed by atoms with Crippen LogP contribution >= 0.6 is 11.3 Å². The fourth-order valence-corrected chi connectivity index (χ4v) is 3.17. The number of aromatic nitrogens is 3. The maximum absolute atomic E-state index is 12.4. The number of rotatable bonds is 6. The average molecular weight is 326 g/mol. The first-order valence-electron chi connectivity index (χ1n) is 7.58. The molecule has 0 bridgehead atoms. The predicted octanol–water partition coefficient (Wildman–Crippen LogP) is 3.07. The van der Waals surface area contributed by atoms with E-state index in [0.717, 1.165) is 34.8 Å². The molecule has 0 spiro atoms. The Hall–Kier alpha value is -2.47. The van der Waals surface area contributed by atoms with Crippen LogP contribution in [-0.4, -0.2) is 27.6 Å². The number of hydrogen-bond acceptors (Lipinski definition) is 4. The fourth-order valence-electron chi connectivity index (χ4n) is 2.29. The molecule has 5 nitrogen and oxygen atoms in total. The summed E-state index contributed by atoms with van der Waals surface area (Å²) in [5.41, 5.74) is 3.36. The lowest BCUT2D eigenvalue weighted by molar-refractivity contribution is 0.0955. The molecule has 6 heteroatoms. The van der Waals surface area contributed by atoms with Crippen LogP contribution in [0.15, 0.2) is 41.9 Å². The molecule has 3 aromatic rings. The summed E-state index contributed by atoms with van der Waals surface area (Å²) in [6.07, 6.45) is 3.25. The predicted molar refractivity (Wildman–Crippen MR) is 91.6 cm³/mol. The number of aromatic amines is 1. The van der Waals surface area contributed by atoms with Gasteiger partial charge in [-0.3, -0.25) is 9.89 Å². The molecule has 0 aliphatic heterocycles. The minimum atomic E-state index is -0.120. The van der Waals surface area contributed by atoms with Crippen molar-refractivity contribution in [2.24, 2.45) is 0 Å². The third kappa shape index (κ3) is 3.65. The van der Waals surface area contributed by atoms with Crippen LogP contribution in [-0.2, 0) is 12.8 Å². The Morgan fingerprint density at radius 3 is 2.87 bits per heavy atom. The Labute approximate surface area is 138 Å². The Bertz CT molecular complexity index is 779. The Kier molecular flexibility index (Phi) is 4.83. The van der Waals surface area contributed by atoms with Crippen LogP contribution in [0.4, 0.5) is 0 Å². The molecule has 118 valence electrons. The van der Waals surface area contributed by atoms with E-state index in [9.17, 15) is 4.79 Å². The SMILES string of the molecule is CCc1csc(CCNC(=O)c2cn[nH]c2-c2ccccc2)n1. The Morgan fingerprint density at radius 2 is 2.13 bits per heavy atom. The number of carbonyl (C=O) groups is 1. The van der Waals surface area contributed by atoms with Gasteiger partial charge in [0.2, 0.25) is 0 Å². The zero-order chi connectivity index (χ0) is 16.1. The molecule has 0 radical (unpaired) electrons. The molecule has 0 fully saturated rings. The van der Waals surface area contributed by atoms with E-state index in [4.69, 9.17) is 0 Å². The quantitative estimate of drug-likeness (QED) is 0.731. The highest BCUT2D eigenvalue weighted by molar-refractivity contribution is 7.09. The van der Waals surface area contributed by atoms with Crippen molar-refractivity contribution < 1.29 is 4.79 Å². The van der Waals surface area contributed by atoms with Crippen molar-refractivity contribution in [2.45, 2.75) is 19.8 Å². The standard InChI is InChI=1S/C17H18N4OS/c1-2-13-11-23-15(20-13)8-9-18-17(22)14-10-19-21-16(14)12-6-4-3-5-7-12/h3-7,10-11H,2,8-9H2,1H3,(H,18,22)(H,19,21). The molecule has 0 saturated heterocycles. The number of carbonyl (C=O) groups excluding carboxylic acids is 1. The van der Waals surface area contributed by atoms with Gasteiger partial charge in [0, 0.05) is 23.9 Å². The smallest absolute Gasteiger partial charge is 0.255 e. The normalized spacial score (nSPS) is 10.7. The Balaban J connectivity index is 1.62. The second-order valence-corrected chi connectivity index (χ2v) is 6.06. The summed E-state index contributed by atoms with van der Waals surface area (Å²) in [5, 5.41) is 13.0. The molecule has 2 heterocycles. The lowest BCUT2D eigenvalue weighted by Crippen LogP contribution is -2.25. The van der Waals surface area contributed by atoms with Crippen molar-refractivity contribution in [3.05, 3.63) is 58.2 Å². The number of benzene rings is 1. The number of nitrogens with one attached hydrogen (secondary N) is 2. The van der Waals surface area contributed by atoms with Crippen LogP contribution in [0.3, 0.4) is 0 Å². The third-order valence-corrected chi connectivity index (χ3v) is 4.49. The highest BCUT2D eigenvalue weighted by atomic mass is 32.1. The van der Waals surface area contributed by atoms with E-state index in [0.29, 0.717) is 12.1 Å². The summed E-state index contributed by atoms with van der Waals surface area (Å²) >= 11 is 1.64. The summed E-state index contributed by atoms with van der Waals surface area (Å²) < 4.78 is 0. The average Bonchev–Trinajstić information content (AvgIpc) is 3.24. The molecule has 2 aromatic heterocycles. The first kappa shape index (κ1) is 15.4. The minimum Gasteiger partial charge on any atom is -0.351 e. The molecular formula is C17H18N4OS. The van der Waals surface area contributed by atoms with Crippen molar-refractivity contribution in [3.63, 3.8) is 0 Å². The molecule has 0 atom stereocenters. The molecule has 0 aliphatic carbocycles. The summed E-state index contributed by atoms with van der Waals surface area (Å²) in [7, 11) is 0. The zero-order valence-electron chi connectivity index (χ0n) is 12.9. The summed E-state index contributed by atoms with van der Waals surface area (Å²) in [5.74, 6) is -0.120. The van der Waals surface area contributed by atoms with Gasteiger partial charge in [0.05, 0.1) is 28.2 Å². The summed E-state index contributed by atoms with van der Waals surface area (Å²) in [6.45, 7) is 2.65. The van der Waals surface area contributed by atoms with Crippen LogP contribution in [0.1, 0.15) is 28.0 Å². The van der Waals surface area contributed by atoms with Gasteiger partial charge < -0.3 is 5.32 Å². The van der Waals surface area contributed by atoms with Gasteiger partial charge in [0.15, 0.2) is 0 Å². The van der Waals surface area contributed by atoms with Gasteiger partial charge in [-0.05, 0) is 6.42 Å². The van der Waals surface area contributed by atoms with E-state index in [1.54, 1.807) is 17.5 Å². The molecule has 3 rings (SSSR count). The van der Waals surface area contributed by atoms with E-state index < -0.39 is 0 Å².